The topological polar surface area (TPSA) is 34.0 Å². The highest BCUT2D eigenvalue weighted by atomic mass is 79.9. The molecule has 0 bridgehead atoms. The number of fused-ring (bicyclic) bond motifs is 1. The zero-order valence-corrected chi connectivity index (χ0v) is 12.1. The van der Waals surface area contributed by atoms with Crippen LogP contribution in [0.2, 0.25) is 0 Å². The van der Waals surface area contributed by atoms with Gasteiger partial charge in [0.1, 0.15) is 5.82 Å². The predicted molar refractivity (Wildman–Crippen MR) is 75.9 cm³/mol. The molecule has 1 aliphatic rings. The zero-order valence-electron chi connectivity index (χ0n) is 10.5. The summed E-state index contributed by atoms with van der Waals surface area (Å²) < 4.78 is 15.8. The first kappa shape index (κ1) is 12.8. The molecule has 1 aliphatic heterocycles. The monoisotopic (exact) mass is 324 g/mol. The van der Waals surface area contributed by atoms with Gasteiger partial charge in [0.2, 0.25) is 0 Å². The number of benzene rings is 1. The van der Waals surface area contributed by atoms with Gasteiger partial charge in [0.15, 0.2) is 5.78 Å². The number of halogens is 2. The van der Waals surface area contributed by atoms with Crippen LogP contribution in [-0.2, 0) is 7.05 Å². The van der Waals surface area contributed by atoms with Gasteiger partial charge in [0, 0.05) is 24.2 Å². The van der Waals surface area contributed by atoms with Crippen LogP contribution in [0.25, 0.3) is 10.9 Å². The number of hydrogen-bond acceptors (Lipinski definition) is 2. The van der Waals surface area contributed by atoms with Crippen molar-refractivity contribution < 1.29 is 9.18 Å². The van der Waals surface area contributed by atoms with Crippen LogP contribution >= 0.6 is 15.9 Å². The molecule has 1 N–H and O–H groups in total. The lowest BCUT2D eigenvalue weighted by molar-refractivity contribution is 0.0954. The van der Waals surface area contributed by atoms with Crippen LogP contribution in [0.5, 0.6) is 0 Å². The van der Waals surface area contributed by atoms with Crippen LogP contribution in [-0.4, -0.2) is 22.9 Å². The summed E-state index contributed by atoms with van der Waals surface area (Å²) in [7, 11) is 1.83. The molecule has 3 nitrogen and oxygen atoms in total. The molecule has 5 heteroatoms. The summed E-state index contributed by atoms with van der Waals surface area (Å²) in [5.74, 6) is -0.215. The Morgan fingerprint density at radius 3 is 3.00 bits per heavy atom. The maximum atomic E-state index is 13.6. The van der Waals surface area contributed by atoms with E-state index in [1.54, 1.807) is 16.8 Å². The molecule has 1 aromatic carbocycles. The fourth-order valence-electron chi connectivity index (χ4n) is 2.67. The number of aromatic nitrogens is 1. The standard InChI is InChI=1S/C14H14BrFN2O/c1-18-7-9(14(19)12-3-2-4-17-12)8-5-10(15)11(16)6-13(8)18/h5-7,12,17H,2-4H2,1H3. The molecule has 2 heterocycles. The van der Waals surface area contributed by atoms with Crippen molar-refractivity contribution in [2.45, 2.75) is 18.9 Å². The summed E-state index contributed by atoms with van der Waals surface area (Å²) in [5, 5.41) is 4.01. The van der Waals surface area contributed by atoms with Gasteiger partial charge in [-0.1, -0.05) is 0 Å². The second kappa shape index (κ2) is 4.72. The molecule has 1 atom stereocenters. The van der Waals surface area contributed by atoms with Gasteiger partial charge in [0.05, 0.1) is 16.0 Å². The van der Waals surface area contributed by atoms with Gasteiger partial charge >= 0.3 is 0 Å². The van der Waals surface area contributed by atoms with Crippen LogP contribution in [0, 0.1) is 5.82 Å². The van der Waals surface area contributed by atoms with Gasteiger partial charge in [0.25, 0.3) is 0 Å². The first-order chi connectivity index (χ1) is 9.08. The summed E-state index contributed by atoms with van der Waals surface area (Å²) in [5.41, 5.74) is 1.40. The van der Waals surface area contributed by atoms with Crippen molar-refractivity contribution in [1.29, 1.82) is 0 Å². The van der Waals surface area contributed by atoms with Crippen molar-refractivity contribution in [2.24, 2.45) is 7.05 Å². The average molecular weight is 325 g/mol. The van der Waals surface area contributed by atoms with Crippen LogP contribution in [0.3, 0.4) is 0 Å². The fourth-order valence-corrected chi connectivity index (χ4v) is 3.01. The third-order valence-electron chi connectivity index (χ3n) is 3.67. The van der Waals surface area contributed by atoms with E-state index in [1.807, 2.05) is 7.05 Å². The molecular weight excluding hydrogens is 311 g/mol. The van der Waals surface area contributed by atoms with Crippen molar-refractivity contribution in [3.63, 3.8) is 0 Å². The minimum Gasteiger partial charge on any atom is -0.350 e. The Balaban J connectivity index is 2.13. The lowest BCUT2D eigenvalue weighted by Gasteiger charge is -2.07. The Hall–Kier alpha value is -1.20. The average Bonchev–Trinajstić information content (AvgIpc) is 3.00. The molecule has 1 fully saturated rings. The number of Topliss-reactive ketones (excluding diaryl/α,β-unsaturated/α-hetero) is 1. The van der Waals surface area contributed by atoms with Crippen molar-refractivity contribution >= 4 is 32.6 Å². The fraction of sp³-hybridized carbons (Fsp3) is 0.357. The van der Waals surface area contributed by atoms with Gasteiger partial charge in [-0.25, -0.2) is 4.39 Å². The number of nitrogens with one attached hydrogen (secondary N) is 1. The van der Waals surface area contributed by atoms with Crippen LogP contribution < -0.4 is 5.32 Å². The van der Waals surface area contributed by atoms with Crippen molar-refractivity contribution in [3.05, 3.63) is 34.2 Å². The smallest absolute Gasteiger partial charge is 0.181 e. The number of aryl methyl sites for hydroxylation is 1. The summed E-state index contributed by atoms with van der Waals surface area (Å²) >= 11 is 3.18. The maximum Gasteiger partial charge on any atom is 0.181 e. The molecule has 0 saturated carbocycles. The number of carbonyl (C=O) groups is 1. The van der Waals surface area contributed by atoms with E-state index in [-0.39, 0.29) is 17.6 Å². The molecule has 0 amide bonds. The molecule has 1 saturated heterocycles. The van der Waals surface area contributed by atoms with Gasteiger partial charge in [-0.3, -0.25) is 4.79 Å². The van der Waals surface area contributed by atoms with Crippen LogP contribution in [0.1, 0.15) is 23.2 Å². The molecule has 3 rings (SSSR count). The van der Waals surface area contributed by atoms with E-state index in [2.05, 4.69) is 21.2 Å². The molecule has 0 spiro atoms. The largest absolute Gasteiger partial charge is 0.350 e. The molecule has 1 aromatic heterocycles. The first-order valence-corrected chi connectivity index (χ1v) is 7.09. The van der Waals surface area contributed by atoms with Gasteiger partial charge in [-0.15, -0.1) is 0 Å². The van der Waals surface area contributed by atoms with E-state index >= 15 is 0 Å². The number of nitrogens with zero attached hydrogens (tertiary/aromatic N) is 1. The summed E-state index contributed by atoms with van der Waals surface area (Å²) in [4.78, 5) is 12.5. The third kappa shape index (κ3) is 2.11. The number of rotatable bonds is 2. The summed E-state index contributed by atoms with van der Waals surface area (Å²) in [6.45, 7) is 0.888. The number of ketones is 1. The summed E-state index contributed by atoms with van der Waals surface area (Å²) in [6, 6.07) is 3.04. The van der Waals surface area contributed by atoms with Gasteiger partial charge in [-0.05, 0) is 47.4 Å². The molecule has 0 radical (unpaired) electrons. The number of carbonyl (C=O) groups excluding carboxylic acids is 1. The van der Waals surface area contributed by atoms with Crippen molar-refractivity contribution in [1.82, 2.24) is 9.88 Å². The highest BCUT2D eigenvalue weighted by molar-refractivity contribution is 9.10. The van der Waals surface area contributed by atoms with E-state index in [4.69, 9.17) is 0 Å². The second-order valence-electron chi connectivity index (χ2n) is 4.95. The van der Waals surface area contributed by atoms with E-state index in [9.17, 15) is 9.18 Å². The molecule has 1 unspecified atom stereocenters. The summed E-state index contributed by atoms with van der Waals surface area (Å²) in [6.07, 6.45) is 3.69. The lowest BCUT2D eigenvalue weighted by atomic mass is 10.0. The zero-order chi connectivity index (χ0) is 13.6. The Bertz CT molecular complexity index is 659. The molecule has 19 heavy (non-hydrogen) atoms. The SMILES string of the molecule is Cn1cc(C(=O)C2CCCN2)c2cc(Br)c(F)cc21. The van der Waals surface area contributed by atoms with Gasteiger partial charge in [-0.2, -0.15) is 0 Å². The van der Waals surface area contributed by atoms with E-state index in [0.29, 0.717) is 10.0 Å². The Kier molecular flexibility index (Phi) is 3.19. The Morgan fingerprint density at radius 2 is 2.32 bits per heavy atom. The quantitative estimate of drug-likeness (QED) is 0.861. The lowest BCUT2D eigenvalue weighted by Crippen LogP contribution is -2.30. The van der Waals surface area contributed by atoms with E-state index in [0.717, 1.165) is 30.3 Å². The van der Waals surface area contributed by atoms with Crippen LogP contribution in [0.4, 0.5) is 4.39 Å². The highest BCUT2D eigenvalue weighted by Crippen LogP contribution is 2.28. The molecular formula is C14H14BrFN2O. The normalized spacial score (nSPS) is 19.2. The first-order valence-electron chi connectivity index (χ1n) is 6.29. The second-order valence-corrected chi connectivity index (χ2v) is 5.80. The third-order valence-corrected chi connectivity index (χ3v) is 4.28. The molecule has 100 valence electrons. The van der Waals surface area contributed by atoms with Crippen LogP contribution in [0.15, 0.2) is 22.8 Å². The van der Waals surface area contributed by atoms with E-state index < -0.39 is 0 Å². The predicted octanol–water partition coefficient (Wildman–Crippen LogP) is 3.01. The minimum absolute atomic E-state index is 0.0987. The maximum absolute atomic E-state index is 13.6. The van der Waals surface area contributed by atoms with Gasteiger partial charge < -0.3 is 9.88 Å². The number of hydrogen-bond donors (Lipinski definition) is 1. The molecule has 2 aromatic rings. The van der Waals surface area contributed by atoms with Crippen molar-refractivity contribution in [3.8, 4) is 0 Å². The van der Waals surface area contributed by atoms with Crippen molar-refractivity contribution in [2.75, 3.05) is 6.54 Å². The Labute approximate surface area is 118 Å². The highest BCUT2D eigenvalue weighted by Gasteiger charge is 2.26. The van der Waals surface area contributed by atoms with E-state index in [1.165, 1.54) is 6.07 Å². The molecule has 0 aliphatic carbocycles. The minimum atomic E-state index is -0.313. The Morgan fingerprint density at radius 1 is 1.53 bits per heavy atom.